The molecule has 70 valence electrons. The Hall–Kier alpha value is -0.410. The van der Waals surface area contributed by atoms with E-state index in [1.807, 2.05) is 31.0 Å². The maximum absolute atomic E-state index is 8.51. The lowest BCUT2D eigenvalue weighted by atomic mass is 10.3. The summed E-state index contributed by atoms with van der Waals surface area (Å²) in [5.74, 6) is 1.81. The van der Waals surface area contributed by atoms with Crippen LogP contribution < -0.4 is 0 Å². The number of hydrogen-bond donors (Lipinski definition) is 1. The molecule has 0 bridgehead atoms. The first-order valence-electron chi connectivity index (χ1n) is 3.62. The van der Waals surface area contributed by atoms with E-state index >= 15 is 0 Å². The molecule has 0 spiro atoms. The van der Waals surface area contributed by atoms with Crippen molar-refractivity contribution in [2.45, 2.75) is 13.3 Å². The van der Waals surface area contributed by atoms with Crippen molar-refractivity contribution in [2.24, 2.45) is 4.99 Å². The van der Waals surface area contributed by atoms with Crippen molar-refractivity contribution in [3.63, 3.8) is 0 Å². The monoisotopic (exact) mass is 233 g/mol. The summed E-state index contributed by atoms with van der Waals surface area (Å²) in [4.78, 5) is 3.72. The predicted molar refractivity (Wildman–Crippen MR) is 59.0 cm³/mol. The summed E-state index contributed by atoms with van der Waals surface area (Å²) in [6.45, 7) is 5.42. The Morgan fingerprint density at radius 1 is 1.58 bits per heavy atom. The molecule has 0 saturated carbocycles. The molecule has 0 radical (unpaired) electrons. The minimum Gasteiger partial charge on any atom is -0.396 e. The highest BCUT2D eigenvalue weighted by Crippen LogP contribution is 2.00. The summed E-state index contributed by atoms with van der Waals surface area (Å²) in [7, 11) is 0. The summed E-state index contributed by atoms with van der Waals surface area (Å²) in [5, 5.41) is 8.51. The van der Waals surface area contributed by atoms with E-state index < -0.39 is 0 Å². The van der Waals surface area contributed by atoms with Gasteiger partial charge in [0.15, 0.2) is 0 Å². The summed E-state index contributed by atoms with van der Waals surface area (Å²) < 4.78 is 0. The second-order valence-electron chi connectivity index (χ2n) is 1.82. The molecule has 0 aromatic rings. The number of halogens is 1. The normalized spacial score (nSPS) is 10.8. The molecule has 3 heteroatoms. The van der Waals surface area contributed by atoms with Crippen LogP contribution in [0.15, 0.2) is 28.9 Å². The molecule has 0 saturated heterocycles. The molecule has 0 aromatic heterocycles. The van der Waals surface area contributed by atoms with Crippen molar-refractivity contribution < 1.29 is 5.11 Å². The van der Waals surface area contributed by atoms with Crippen LogP contribution in [0.5, 0.6) is 0 Å². The van der Waals surface area contributed by atoms with Gasteiger partial charge in [-0.25, -0.2) is 0 Å². The standard InChI is InChI=1S/C8H13NO.CH3Br/c1-3-4-5-8(9-2)6-7-10;1-2/h3-5,10H,2,6-7H2,1H3;1H3/b4-3-,8-5-;. The lowest BCUT2D eigenvalue weighted by molar-refractivity contribution is 0.299. The summed E-state index contributed by atoms with van der Waals surface area (Å²) >= 11 is 2.94. The van der Waals surface area contributed by atoms with Crippen molar-refractivity contribution in [3.05, 3.63) is 23.9 Å². The van der Waals surface area contributed by atoms with Crippen molar-refractivity contribution in [1.82, 2.24) is 0 Å². The highest BCUT2D eigenvalue weighted by Gasteiger charge is 1.87. The zero-order chi connectivity index (χ0) is 9.82. The van der Waals surface area contributed by atoms with Crippen LogP contribution in [0, 0.1) is 0 Å². The lowest BCUT2D eigenvalue weighted by Crippen LogP contribution is -1.83. The van der Waals surface area contributed by atoms with Crippen molar-refractivity contribution in [3.8, 4) is 0 Å². The van der Waals surface area contributed by atoms with Crippen molar-refractivity contribution in [1.29, 1.82) is 0 Å². The van der Waals surface area contributed by atoms with Gasteiger partial charge in [-0.3, -0.25) is 4.99 Å². The largest absolute Gasteiger partial charge is 0.396 e. The first kappa shape index (κ1) is 14.1. The average Bonchev–Trinajstić information content (AvgIpc) is 2.15. The third-order valence-corrected chi connectivity index (χ3v) is 1.05. The average molecular weight is 234 g/mol. The highest BCUT2D eigenvalue weighted by molar-refractivity contribution is 9.08. The van der Waals surface area contributed by atoms with E-state index in [1.165, 1.54) is 0 Å². The maximum atomic E-state index is 8.51. The van der Waals surface area contributed by atoms with E-state index in [0.29, 0.717) is 6.42 Å². The number of rotatable bonds is 4. The minimum absolute atomic E-state index is 0.127. The Kier molecular flexibility index (Phi) is 15.5. The zero-order valence-electron chi connectivity index (χ0n) is 7.63. The fraction of sp³-hybridized carbons (Fsp3) is 0.444. The molecule has 0 aliphatic heterocycles. The van der Waals surface area contributed by atoms with Crippen LogP contribution in [0.25, 0.3) is 0 Å². The molecule has 0 rings (SSSR count). The minimum atomic E-state index is 0.127. The third-order valence-electron chi connectivity index (χ3n) is 1.05. The van der Waals surface area contributed by atoms with E-state index in [4.69, 9.17) is 5.11 Å². The molecule has 0 unspecified atom stereocenters. The second-order valence-corrected chi connectivity index (χ2v) is 1.82. The quantitative estimate of drug-likeness (QED) is 0.452. The van der Waals surface area contributed by atoms with Crippen LogP contribution in [0.1, 0.15) is 13.3 Å². The van der Waals surface area contributed by atoms with Crippen molar-refractivity contribution in [2.75, 3.05) is 12.4 Å². The Morgan fingerprint density at radius 2 is 2.17 bits per heavy atom. The van der Waals surface area contributed by atoms with Crippen LogP contribution in [0.3, 0.4) is 0 Å². The molecule has 0 atom stereocenters. The lowest BCUT2D eigenvalue weighted by Gasteiger charge is -1.93. The van der Waals surface area contributed by atoms with Gasteiger partial charge in [0.25, 0.3) is 0 Å². The number of aliphatic hydroxyl groups is 1. The molecule has 0 aliphatic carbocycles. The summed E-state index contributed by atoms with van der Waals surface area (Å²) in [6.07, 6.45) is 6.19. The molecule has 0 aliphatic rings. The van der Waals surface area contributed by atoms with Crippen LogP contribution in [-0.2, 0) is 0 Å². The molecular formula is C9H16BrNO. The molecular weight excluding hydrogens is 218 g/mol. The van der Waals surface area contributed by atoms with Crippen LogP contribution in [0.2, 0.25) is 0 Å². The molecule has 0 fully saturated rings. The number of aliphatic hydroxyl groups excluding tert-OH is 1. The van der Waals surface area contributed by atoms with E-state index in [-0.39, 0.29) is 6.61 Å². The molecule has 1 N–H and O–H groups in total. The van der Waals surface area contributed by atoms with E-state index in [2.05, 4.69) is 27.6 Å². The van der Waals surface area contributed by atoms with Crippen LogP contribution in [-0.4, -0.2) is 24.3 Å². The number of hydrogen-bond acceptors (Lipinski definition) is 2. The van der Waals surface area contributed by atoms with E-state index in [0.717, 1.165) is 5.70 Å². The first-order chi connectivity index (χ1) is 5.85. The number of allylic oxidation sites excluding steroid dienone is 3. The van der Waals surface area contributed by atoms with E-state index in [9.17, 15) is 0 Å². The Bertz CT molecular complexity index is 153. The predicted octanol–water partition coefficient (Wildman–Crippen LogP) is 2.54. The molecule has 0 amide bonds. The molecule has 2 nitrogen and oxygen atoms in total. The Morgan fingerprint density at radius 3 is 2.50 bits per heavy atom. The van der Waals surface area contributed by atoms with E-state index in [1.54, 1.807) is 0 Å². The second kappa shape index (κ2) is 13.2. The van der Waals surface area contributed by atoms with Gasteiger partial charge in [-0.15, -0.1) is 0 Å². The SMILES string of the molecule is C=N/C(=C\C=C/C)CCO.CBr. The van der Waals surface area contributed by atoms with Gasteiger partial charge in [-0.2, -0.15) is 0 Å². The number of aliphatic imine (C=N–C) groups is 1. The molecule has 0 heterocycles. The smallest absolute Gasteiger partial charge is 0.0486 e. The van der Waals surface area contributed by atoms with Crippen LogP contribution >= 0.6 is 15.9 Å². The van der Waals surface area contributed by atoms with Gasteiger partial charge < -0.3 is 5.11 Å². The van der Waals surface area contributed by atoms with Crippen molar-refractivity contribution >= 4 is 22.6 Å². The number of nitrogens with zero attached hydrogens (tertiary/aromatic N) is 1. The van der Waals surface area contributed by atoms with Gasteiger partial charge in [0.05, 0.1) is 0 Å². The summed E-state index contributed by atoms with van der Waals surface area (Å²) in [6, 6.07) is 0. The third kappa shape index (κ3) is 9.59. The van der Waals surface area contributed by atoms with Gasteiger partial charge in [-0.1, -0.05) is 28.1 Å². The fourth-order valence-corrected chi connectivity index (χ4v) is 0.537. The Balaban J connectivity index is 0. The number of alkyl halides is 1. The van der Waals surface area contributed by atoms with Gasteiger partial charge in [0.1, 0.15) is 0 Å². The first-order valence-corrected chi connectivity index (χ1v) is 5.21. The molecule has 0 aromatic carbocycles. The zero-order valence-corrected chi connectivity index (χ0v) is 9.21. The molecule has 12 heavy (non-hydrogen) atoms. The highest BCUT2D eigenvalue weighted by atomic mass is 79.9. The maximum Gasteiger partial charge on any atom is 0.0486 e. The van der Waals surface area contributed by atoms with Gasteiger partial charge in [-0.05, 0) is 25.6 Å². The Labute approximate surface area is 82.8 Å². The van der Waals surface area contributed by atoms with Gasteiger partial charge in [0, 0.05) is 18.7 Å². The van der Waals surface area contributed by atoms with Crippen LogP contribution in [0.4, 0.5) is 0 Å². The summed E-state index contributed by atoms with van der Waals surface area (Å²) in [5.41, 5.74) is 0.820. The van der Waals surface area contributed by atoms with Gasteiger partial charge >= 0.3 is 0 Å². The van der Waals surface area contributed by atoms with Gasteiger partial charge in [0.2, 0.25) is 0 Å². The topological polar surface area (TPSA) is 32.6 Å². The fourth-order valence-electron chi connectivity index (χ4n) is 0.537.